The van der Waals surface area contributed by atoms with Crippen molar-refractivity contribution in [3.8, 4) is 0 Å². The van der Waals surface area contributed by atoms with Gasteiger partial charge in [-0.2, -0.15) is 0 Å². The first-order chi connectivity index (χ1) is 8.40. The summed E-state index contributed by atoms with van der Waals surface area (Å²) in [5, 5.41) is 32.7. The average Bonchev–Trinajstić information content (AvgIpc) is 2.23. The molecule has 0 aromatic carbocycles. The summed E-state index contributed by atoms with van der Waals surface area (Å²) >= 11 is 0. The van der Waals surface area contributed by atoms with Crippen LogP contribution in [0.2, 0.25) is 0 Å². The SMILES string of the molecule is CCCC(O)O.O=C(O)CCCCCCC(=O)O. The molecule has 0 radical (unpaired) electrons. The van der Waals surface area contributed by atoms with E-state index in [1.165, 1.54) is 0 Å². The van der Waals surface area contributed by atoms with E-state index >= 15 is 0 Å². The number of aliphatic hydroxyl groups is 2. The monoisotopic (exact) mass is 264 g/mol. The molecule has 4 N–H and O–H groups in total. The van der Waals surface area contributed by atoms with Crippen molar-refractivity contribution in [1.82, 2.24) is 0 Å². The van der Waals surface area contributed by atoms with E-state index in [1.54, 1.807) is 0 Å². The second kappa shape index (κ2) is 13.9. The van der Waals surface area contributed by atoms with Crippen molar-refractivity contribution >= 4 is 11.9 Å². The maximum absolute atomic E-state index is 10.0. The van der Waals surface area contributed by atoms with Gasteiger partial charge < -0.3 is 20.4 Å². The lowest BCUT2D eigenvalue weighted by Crippen LogP contribution is -2.01. The van der Waals surface area contributed by atoms with Crippen LogP contribution in [0.3, 0.4) is 0 Å². The van der Waals surface area contributed by atoms with E-state index in [2.05, 4.69) is 0 Å². The molecule has 0 amide bonds. The molecule has 0 unspecified atom stereocenters. The normalized spacial score (nSPS) is 9.78. The van der Waals surface area contributed by atoms with Crippen LogP contribution in [0.15, 0.2) is 0 Å². The van der Waals surface area contributed by atoms with Gasteiger partial charge >= 0.3 is 11.9 Å². The first-order valence-corrected chi connectivity index (χ1v) is 6.19. The van der Waals surface area contributed by atoms with Crippen molar-refractivity contribution in [2.75, 3.05) is 0 Å². The van der Waals surface area contributed by atoms with Gasteiger partial charge in [0.25, 0.3) is 0 Å². The standard InChI is InChI=1S/C8H14O4.C4H10O2/c9-7(10)5-3-1-2-4-6-8(11)12;1-2-3-4(5)6/h1-6H2,(H,9,10)(H,11,12);4-6H,2-3H2,1H3. The maximum atomic E-state index is 10.0. The number of carboxylic acid groups (broad SMARTS) is 2. The Hall–Kier alpha value is -1.14. The molecule has 0 fully saturated rings. The highest BCUT2D eigenvalue weighted by Gasteiger charge is 1.98. The zero-order valence-corrected chi connectivity index (χ0v) is 10.8. The van der Waals surface area contributed by atoms with Gasteiger partial charge in [0.15, 0.2) is 6.29 Å². The third kappa shape index (κ3) is 24.2. The molecule has 0 atom stereocenters. The number of carbonyl (C=O) groups is 2. The van der Waals surface area contributed by atoms with E-state index in [0.717, 1.165) is 19.3 Å². The Morgan fingerprint density at radius 2 is 1.28 bits per heavy atom. The van der Waals surface area contributed by atoms with Crippen molar-refractivity contribution in [2.24, 2.45) is 0 Å². The predicted molar refractivity (Wildman–Crippen MR) is 66.1 cm³/mol. The van der Waals surface area contributed by atoms with Crippen molar-refractivity contribution in [3.63, 3.8) is 0 Å². The number of carboxylic acids is 2. The molecule has 0 saturated heterocycles. The van der Waals surface area contributed by atoms with Gasteiger partial charge in [0.1, 0.15) is 0 Å². The fourth-order valence-electron chi connectivity index (χ4n) is 1.16. The molecule has 108 valence electrons. The Morgan fingerprint density at radius 3 is 1.44 bits per heavy atom. The smallest absolute Gasteiger partial charge is 0.303 e. The molecular weight excluding hydrogens is 240 g/mol. The van der Waals surface area contributed by atoms with Crippen LogP contribution in [0.4, 0.5) is 0 Å². The molecule has 0 heterocycles. The van der Waals surface area contributed by atoms with E-state index in [4.69, 9.17) is 20.4 Å². The molecule has 6 nitrogen and oxygen atoms in total. The average molecular weight is 264 g/mol. The zero-order chi connectivity index (χ0) is 14.4. The van der Waals surface area contributed by atoms with Gasteiger partial charge in [0.2, 0.25) is 0 Å². The van der Waals surface area contributed by atoms with Crippen molar-refractivity contribution < 1.29 is 30.0 Å². The topological polar surface area (TPSA) is 115 Å². The number of hydrogen-bond donors (Lipinski definition) is 4. The number of unbranched alkanes of at least 4 members (excludes halogenated alkanes) is 3. The van der Waals surface area contributed by atoms with Gasteiger partial charge in [-0.25, -0.2) is 0 Å². The van der Waals surface area contributed by atoms with Gasteiger partial charge in [0.05, 0.1) is 0 Å². The summed E-state index contributed by atoms with van der Waals surface area (Å²) in [6, 6.07) is 0. The molecule has 18 heavy (non-hydrogen) atoms. The molecular formula is C12H24O6. The Labute approximate surface area is 107 Å². The molecule has 0 aliphatic carbocycles. The molecule has 0 aromatic heterocycles. The molecule has 0 aliphatic heterocycles. The summed E-state index contributed by atoms with van der Waals surface area (Å²) in [6.45, 7) is 1.90. The van der Waals surface area contributed by atoms with Crippen LogP contribution in [-0.4, -0.2) is 38.7 Å². The van der Waals surface area contributed by atoms with Crippen LogP contribution in [0.1, 0.15) is 58.3 Å². The minimum atomic E-state index is -1.10. The summed E-state index contributed by atoms with van der Waals surface area (Å²) in [4.78, 5) is 20.1. The lowest BCUT2D eigenvalue weighted by atomic mass is 10.1. The van der Waals surface area contributed by atoms with Crippen molar-refractivity contribution in [1.29, 1.82) is 0 Å². The number of hydrogen-bond acceptors (Lipinski definition) is 4. The lowest BCUT2D eigenvalue weighted by Gasteiger charge is -1.96. The van der Waals surface area contributed by atoms with Crippen molar-refractivity contribution in [3.05, 3.63) is 0 Å². The summed E-state index contributed by atoms with van der Waals surface area (Å²) < 4.78 is 0. The minimum Gasteiger partial charge on any atom is -0.481 e. The fourth-order valence-corrected chi connectivity index (χ4v) is 1.16. The lowest BCUT2D eigenvalue weighted by molar-refractivity contribution is -0.138. The maximum Gasteiger partial charge on any atom is 0.303 e. The van der Waals surface area contributed by atoms with E-state index in [9.17, 15) is 9.59 Å². The van der Waals surface area contributed by atoms with Crippen LogP contribution < -0.4 is 0 Å². The Bertz CT molecular complexity index is 197. The Kier molecular flexibility index (Phi) is 14.9. The predicted octanol–water partition coefficient (Wildman–Crippen LogP) is 1.59. The quantitative estimate of drug-likeness (QED) is 0.371. The highest BCUT2D eigenvalue weighted by molar-refractivity contribution is 5.66. The molecule has 6 heteroatoms. The molecule has 0 spiro atoms. The van der Waals surface area contributed by atoms with Crippen LogP contribution >= 0.6 is 0 Å². The molecule has 0 saturated carbocycles. The van der Waals surface area contributed by atoms with Gasteiger partial charge in [-0.05, 0) is 19.3 Å². The third-order valence-corrected chi connectivity index (χ3v) is 2.08. The highest BCUT2D eigenvalue weighted by Crippen LogP contribution is 2.04. The zero-order valence-electron chi connectivity index (χ0n) is 10.8. The third-order valence-electron chi connectivity index (χ3n) is 2.08. The summed E-state index contributed by atoms with van der Waals surface area (Å²) in [6.07, 6.45) is 3.50. The van der Waals surface area contributed by atoms with E-state index < -0.39 is 18.2 Å². The summed E-state index contributed by atoms with van der Waals surface area (Å²) in [5.41, 5.74) is 0. The molecule has 0 aliphatic rings. The van der Waals surface area contributed by atoms with E-state index in [0.29, 0.717) is 19.3 Å². The summed E-state index contributed by atoms with van der Waals surface area (Å²) in [5.74, 6) is -1.57. The number of aliphatic carboxylic acids is 2. The molecule has 0 aromatic rings. The fraction of sp³-hybridized carbons (Fsp3) is 0.833. The first kappa shape index (κ1) is 19.2. The van der Waals surface area contributed by atoms with E-state index in [-0.39, 0.29) is 12.8 Å². The van der Waals surface area contributed by atoms with Gasteiger partial charge in [-0.1, -0.05) is 26.2 Å². The Balaban J connectivity index is 0. The van der Waals surface area contributed by atoms with Gasteiger partial charge in [-0.3, -0.25) is 9.59 Å². The second-order valence-corrected chi connectivity index (χ2v) is 3.97. The summed E-state index contributed by atoms with van der Waals surface area (Å²) in [7, 11) is 0. The second-order valence-electron chi connectivity index (χ2n) is 3.97. The minimum absolute atomic E-state index is 0.188. The van der Waals surface area contributed by atoms with Crippen LogP contribution in [0, 0.1) is 0 Å². The van der Waals surface area contributed by atoms with Crippen LogP contribution in [-0.2, 0) is 9.59 Å². The van der Waals surface area contributed by atoms with Crippen molar-refractivity contribution in [2.45, 2.75) is 64.6 Å². The van der Waals surface area contributed by atoms with E-state index in [1.807, 2.05) is 6.92 Å². The number of rotatable bonds is 9. The Morgan fingerprint density at radius 1 is 0.889 bits per heavy atom. The van der Waals surface area contributed by atoms with Gasteiger partial charge in [-0.15, -0.1) is 0 Å². The molecule has 0 bridgehead atoms. The van der Waals surface area contributed by atoms with Crippen LogP contribution in [0.5, 0.6) is 0 Å². The molecule has 0 rings (SSSR count). The number of aliphatic hydroxyl groups excluding tert-OH is 1. The first-order valence-electron chi connectivity index (χ1n) is 6.19. The van der Waals surface area contributed by atoms with Gasteiger partial charge in [0, 0.05) is 12.8 Å². The highest BCUT2D eigenvalue weighted by atomic mass is 16.5. The largest absolute Gasteiger partial charge is 0.481 e. The van der Waals surface area contributed by atoms with Crippen LogP contribution in [0.25, 0.3) is 0 Å².